The quantitative estimate of drug-likeness (QED) is 0.355. The van der Waals surface area contributed by atoms with E-state index in [1.807, 2.05) is 6.92 Å². The van der Waals surface area contributed by atoms with Gasteiger partial charge in [-0.25, -0.2) is 0 Å². The lowest BCUT2D eigenvalue weighted by molar-refractivity contribution is -0.132. The molecule has 0 aromatic heterocycles. The molecule has 0 heterocycles. The van der Waals surface area contributed by atoms with Crippen molar-refractivity contribution in [1.29, 1.82) is 0 Å². The zero-order valence-electron chi connectivity index (χ0n) is 11.5. The van der Waals surface area contributed by atoms with Crippen LogP contribution in [-0.4, -0.2) is 24.9 Å². The van der Waals surface area contributed by atoms with E-state index in [1.54, 1.807) is 0 Å². The van der Waals surface area contributed by atoms with Gasteiger partial charge in [0.25, 0.3) is 12.4 Å². The summed E-state index contributed by atoms with van der Waals surface area (Å²) in [5, 5.41) is 2.71. The van der Waals surface area contributed by atoms with Crippen LogP contribution in [-0.2, 0) is 9.59 Å². The first-order chi connectivity index (χ1) is 9.58. The van der Waals surface area contributed by atoms with Crippen molar-refractivity contribution in [1.82, 2.24) is 5.32 Å². The predicted molar refractivity (Wildman–Crippen MR) is 71.7 cm³/mol. The minimum atomic E-state index is -0.531. The number of carbonyl (C=O) groups is 3. The summed E-state index contributed by atoms with van der Waals surface area (Å²) < 4.78 is 9.64. The average Bonchev–Trinajstić information content (AvgIpc) is 2.40. The number of carbonyl (C=O) groups excluding carboxylic acids is 3. The first kappa shape index (κ1) is 15.7. The smallest absolute Gasteiger partial charge is 0.308 e. The van der Waals surface area contributed by atoms with Gasteiger partial charge < -0.3 is 14.8 Å². The van der Waals surface area contributed by atoms with Gasteiger partial charge in [-0.2, -0.15) is 0 Å². The second-order valence-electron chi connectivity index (χ2n) is 4.08. The Kier molecular flexibility index (Phi) is 6.22. The zero-order chi connectivity index (χ0) is 15.0. The lowest BCUT2D eigenvalue weighted by Gasteiger charge is -2.10. The molecule has 1 rings (SSSR count). The lowest BCUT2D eigenvalue weighted by atomic mass is 10.1. The Morgan fingerprint density at radius 1 is 1.35 bits per heavy atom. The third kappa shape index (κ3) is 4.72. The minimum absolute atomic E-state index is 0.129. The van der Waals surface area contributed by atoms with Crippen LogP contribution >= 0.6 is 0 Å². The van der Waals surface area contributed by atoms with Crippen molar-refractivity contribution in [2.24, 2.45) is 0 Å². The summed E-state index contributed by atoms with van der Waals surface area (Å²) >= 11 is 0. The molecule has 0 spiro atoms. The number of hydrogen-bond acceptors (Lipinski definition) is 5. The van der Waals surface area contributed by atoms with Crippen LogP contribution in [0.1, 0.15) is 37.0 Å². The zero-order valence-corrected chi connectivity index (χ0v) is 11.5. The summed E-state index contributed by atoms with van der Waals surface area (Å²) in [5.74, 6) is -0.580. The summed E-state index contributed by atoms with van der Waals surface area (Å²) in [6.45, 7) is 4.04. The summed E-state index contributed by atoms with van der Waals surface area (Å²) in [5.41, 5.74) is 0.149. The summed E-state index contributed by atoms with van der Waals surface area (Å²) in [6, 6.07) is 4.21. The fourth-order valence-electron chi connectivity index (χ4n) is 1.53. The third-order valence-electron chi connectivity index (χ3n) is 2.45. The molecule has 1 N–H and O–H groups in total. The highest BCUT2D eigenvalue weighted by Gasteiger charge is 2.15. The number of amides is 1. The second-order valence-corrected chi connectivity index (χ2v) is 4.08. The molecule has 20 heavy (non-hydrogen) atoms. The third-order valence-corrected chi connectivity index (χ3v) is 2.45. The van der Waals surface area contributed by atoms with Crippen LogP contribution in [0, 0.1) is 0 Å². The van der Waals surface area contributed by atoms with Crippen molar-refractivity contribution >= 4 is 18.3 Å². The minimum Gasteiger partial charge on any atom is -0.429 e. The molecule has 1 aromatic rings. The van der Waals surface area contributed by atoms with E-state index in [0.717, 1.165) is 12.8 Å². The van der Waals surface area contributed by atoms with E-state index in [-0.39, 0.29) is 29.4 Å². The highest BCUT2D eigenvalue weighted by atomic mass is 16.5. The number of ether oxygens (including phenoxy) is 2. The van der Waals surface area contributed by atoms with Gasteiger partial charge in [0.1, 0.15) is 11.5 Å². The maximum atomic E-state index is 12.0. The van der Waals surface area contributed by atoms with Gasteiger partial charge in [0.2, 0.25) is 0 Å². The van der Waals surface area contributed by atoms with Gasteiger partial charge in [-0.3, -0.25) is 14.4 Å². The molecule has 0 atom stereocenters. The van der Waals surface area contributed by atoms with Crippen molar-refractivity contribution < 1.29 is 23.9 Å². The monoisotopic (exact) mass is 279 g/mol. The first-order valence-corrected chi connectivity index (χ1v) is 6.29. The molecule has 1 aromatic carbocycles. The molecule has 0 radical (unpaired) electrons. The van der Waals surface area contributed by atoms with Gasteiger partial charge in [0.05, 0.1) is 5.56 Å². The lowest BCUT2D eigenvalue weighted by Crippen LogP contribution is -2.25. The van der Waals surface area contributed by atoms with Gasteiger partial charge in [-0.15, -0.1) is 0 Å². The Morgan fingerprint density at radius 2 is 2.10 bits per heavy atom. The molecule has 0 bridgehead atoms. The van der Waals surface area contributed by atoms with Crippen LogP contribution in [0.5, 0.6) is 11.5 Å². The van der Waals surface area contributed by atoms with Crippen LogP contribution in [0.15, 0.2) is 18.2 Å². The molecule has 0 aliphatic carbocycles. The molecule has 0 aliphatic heterocycles. The van der Waals surface area contributed by atoms with Crippen molar-refractivity contribution in [2.45, 2.75) is 26.7 Å². The average molecular weight is 279 g/mol. The number of rotatable bonds is 7. The SMILES string of the molecule is CCCCNC(=O)c1cc(OC=O)ccc1OC(C)=O. The molecular weight excluding hydrogens is 262 g/mol. The maximum absolute atomic E-state index is 12.0. The van der Waals surface area contributed by atoms with Crippen molar-refractivity contribution in [3.05, 3.63) is 23.8 Å². The van der Waals surface area contributed by atoms with Gasteiger partial charge in [0.15, 0.2) is 0 Å². The second kappa shape index (κ2) is 7.93. The van der Waals surface area contributed by atoms with E-state index >= 15 is 0 Å². The number of benzene rings is 1. The van der Waals surface area contributed by atoms with Crippen molar-refractivity contribution in [3.63, 3.8) is 0 Å². The van der Waals surface area contributed by atoms with Crippen LogP contribution in [0.4, 0.5) is 0 Å². The molecule has 0 aliphatic rings. The van der Waals surface area contributed by atoms with E-state index in [4.69, 9.17) is 4.74 Å². The van der Waals surface area contributed by atoms with E-state index in [0.29, 0.717) is 6.54 Å². The first-order valence-electron chi connectivity index (χ1n) is 6.29. The number of nitrogens with one attached hydrogen (secondary N) is 1. The summed E-state index contributed by atoms with van der Waals surface area (Å²) in [7, 11) is 0. The van der Waals surface area contributed by atoms with Crippen molar-refractivity contribution in [3.8, 4) is 11.5 Å². The van der Waals surface area contributed by atoms with Crippen molar-refractivity contribution in [2.75, 3.05) is 6.54 Å². The molecular formula is C14H17NO5. The van der Waals surface area contributed by atoms with Gasteiger partial charge in [-0.1, -0.05) is 13.3 Å². The standard InChI is InChI=1S/C14H17NO5/c1-3-4-7-15-14(18)12-8-11(19-9-16)5-6-13(12)20-10(2)17/h5-6,8-9H,3-4,7H2,1-2H3,(H,15,18). The topological polar surface area (TPSA) is 81.7 Å². The molecule has 0 saturated carbocycles. The highest BCUT2D eigenvalue weighted by Crippen LogP contribution is 2.24. The van der Waals surface area contributed by atoms with Gasteiger partial charge in [-0.05, 0) is 24.6 Å². The maximum Gasteiger partial charge on any atom is 0.308 e. The molecule has 108 valence electrons. The van der Waals surface area contributed by atoms with E-state index in [2.05, 4.69) is 10.1 Å². The Balaban J connectivity index is 2.97. The van der Waals surface area contributed by atoms with Crippen LogP contribution in [0.3, 0.4) is 0 Å². The Hall–Kier alpha value is -2.37. The Bertz CT molecular complexity index is 498. The van der Waals surface area contributed by atoms with Crippen LogP contribution < -0.4 is 14.8 Å². The Labute approximate surface area is 117 Å². The highest BCUT2D eigenvalue weighted by molar-refractivity contribution is 5.98. The molecule has 0 fully saturated rings. The normalized spacial score (nSPS) is 9.70. The Morgan fingerprint density at radius 3 is 2.70 bits per heavy atom. The van der Waals surface area contributed by atoms with Gasteiger partial charge >= 0.3 is 5.97 Å². The fraction of sp³-hybridized carbons (Fsp3) is 0.357. The fourth-order valence-corrected chi connectivity index (χ4v) is 1.53. The molecule has 6 heteroatoms. The van der Waals surface area contributed by atoms with Gasteiger partial charge in [0, 0.05) is 13.5 Å². The predicted octanol–water partition coefficient (Wildman–Crippen LogP) is 1.68. The number of esters is 1. The van der Waals surface area contributed by atoms with Crippen LogP contribution in [0.2, 0.25) is 0 Å². The largest absolute Gasteiger partial charge is 0.429 e. The molecule has 6 nitrogen and oxygen atoms in total. The van der Waals surface area contributed by atoms with Crippen LogP contribution in [0.25, 0.3) is 0 Å². The molecule has 0 unspecified atom stereocenters. The van der Waals surface area contributed by atoms with E-state index in [9.17, 15) is 14.4 Å². The number of unbranched alkanes of at least 4 members (excludes halogenated alkanes) is 1. The van der Waals surface area contributed by atoms with E-state index in [1.165, 1.54) is 25.1 Å². The van der Waals surface area contributed by atoms with E-state index < -0.39 is 5.97 Å². The summed E-state index contributed by atoms with van der Waals surface area (Å²) in [4.78, 5) is 33.4. The number of hydrogen-bond donors (Lipinski definition) is 1. The molecule has 0 saturated heterocycles. The summed E-state index contributed by atoms with van der Waals surface area (Å²) in [6.07, 6.45) is 1.80. The molecule has 1 amide bonds.